The zero-order valence-corrected chi connectivity index (χ0v) is 18.7. The van der Waals surface area contributed by atoms with E-state index >= 15 is 0 Å². The fourth-order valence-corrected chi connectivity index (χ4v) is 4.63. The highest BCUT2D eigenvalue weighted by Crippen LogP contribution is 2.34. The van der Waals surface area contributed by atoms with E-state index in [9.17, 15) is 4.79 Å². The monoisotopic (exact) mass is 437 g/mol. The molecular formula is C27H27N5O. The van der Waals surface area contributed by atoms with Crippen molar-refractivity contribution in [3.05, 3.63) is 101 Å². The Labute approximate surface area is 193 Å². The summed E-state index contributed by atoms with van der Waals surface area (Å²) in [5.74, 6) is 0.556. The molecule has 6 heteroatoms. The van der Waals surface area contributed by atoms with Crippen LogP contribution in [0.4, 0.5) is 0 Å². The van der Waals surface area contributed by atoms with E-state index in [0.717, 1.165) is 42.7 Å². The smallest absolute Gasteiger partial charge is 0.255 e. The molecule has 3 heterocycles. The summed E-state index contributed by atoms with van der Waals surface area (Å²) in [6, 6.07) is 20.3. The quantitative estimate of drug-likeness (QED) is 0.477. The van der Waals surface area contributed by atoms with Crippen LogP contribution in [0.3, 0.4) is 0 Å². The Balaban J connectivity index is 1.40. The molecule has 1 N–H and O–H groups in total. The summed E-state index contributed by atoms with van der Waals surface area (Å²) in [5.41, 5.74) is 4.70. The highest BCUT2D eigenvalue weighted by atomic mass is 16.1. The molecule has 0 spiro atoms. The molecule has 0 bridgehead atoms. The Morgan fingerprint density at radius 1 is 1.06 bits per heavy atom. The van der Waals surface area contributed by atoms with Gasteiger partial charge in [0.1, 0.15) is 5.82 Å². The lowest BCUT2D eigenvalue weighted by molar-refractivity contribution is 0.0946. The third-order valence-corrected chi connectivity index (χ3v) is 6.27. The van der Waals surface area contributed by atoms with E-state index in [1.54, 1.807) is 6.20 Å². The minimum Gasteiger partial charge on any atom is -0.348 e. The van der Waals surface area contributed by atoms with Crippen LogP contribution in [0.15, 0.2) is 73.1 Å². The molecule has 5 rings (SSSR count). The van der Waals surface area contributed by atoms with E-state index in [0.29, 0.717) is 17.9 Å². The van der Waals surface area contributed by atoms with Crippen LogP contribution >= 0.6 is 0 Å². The van der Waals surface area contributed by atoms with Crippen molar-refractivity contribution in [1.82, 2.24) is 25.2 Å². The van der Waals surface area contributed by atoms with Gasteiger partial charge in [-0.2, -0.15) is 0 Å². The molecule has 2 aromatic carbocycles. The topological polar surface area (TPSA) is 71.0 Å². The van der Waals surface area contributed by atoms with E-state index in [4.69, 9.17) is 4.98 Å². The number of para-hydroxylation sites is 1. The van der Waals surface area contributed by atoms with Gasteiger partial charge in [0.05, 0.1) is 22.8 Å². The van der Waals surface area contributed by atoms with Crippen molar-refractivity contribution >= 4 is 16.8 Å². The van der Waals surface area contributed by atoms with E-state index in [1.807, 2.05) is 55.6 Å². The van der Waals surface area contributed by atoms with Gasteiger partial charge in [-0.25, -0.2) is 9.97 Å². The van der Waals surface area contributed by atoms with Crippen LogP contribution in [0.1, 0.15) is 51.9 Å². The molecule has 1 fully saturated rings. The molecular weight excluding hydrogens is 410 g/mol. The number of nitrogens with zero attached hydrogens (tertiary/aromatic N) is 4. The first-order chi connectivity index (χ1) is 16.2. The summed E-state index contributed by atoms with van der Waals surface area (Å²) in [4.78, 5) is 29.2. The van der Waals surface area contributed by atoms with Gasteiger partial charge >= 0.3 is 0 Å². The number of nitrogens with one attached hydrogen (secondary N) is 1. The Morgan fingerprint density at radius 2 is 1.88 bits per heavy atom. The number of fused-ring (bicyclic) bond motifs is 1. The van der Waals surface area contributed by atoms with E-state index in [-0.39, 0.29) is 11.9 Å². The van der Waals surface area contributed by atoms with Crippen molar-refractivity contribution < 1.29 is 4.79 Å². The molecule has 2 aromatic heterocycles. The second kappa shape index (κ2) is 9.46. The standard InChI is InChI=1S/C27H27N5O/c1-19-29-17-23(27(33)30-16-20-8-3-2-4-9-20)26(31-19)25-12-7-15-32(25)18-21-13-14-28-24-11-6-5-10-22(21)24/h2-6,8-11,13-14,17,25H,7,12,15-16,18H2,1H3,(H,30,33). The van der Waals surface area contributed by atoms with Gasteiger partial charge in [0, 0.05) is 30.9 Å². The van der Waals surface area contributed by atoms with Crippen LogP contribution in [0.5, 0.6) is 0 Å². The highest BCUT2D eigenvalue weighted by molar-refractivity contribution is 5.95. The number of pyridine rings is 1. The zero-order chi connectivity index (χ0) is 22.6. The number of likely N-dealkylation sites (tertiary alicyclic amines) is 1. The van der Waals surface area contributed by atoms with Gasteiger partial charge in [0.2, 0.25) is 0 Å². The van der Waals surface area contributed by atoms with Gasteiger partial charge in [-0.05, 0) is 49.6 Å². The van der Waals surface area contributed by atoms with Crippen LogP contribution in [0, 0.1) is 6.92 Å². The average molecular weight is 438 g/mol. The maximum Gasteiger partial charge on any atom is 0.255 e. The molecule has 1 atom stereocenters. The summed E-state index contributed by atoms with van der Waals surface area (Å²) in [7, 11) is 0. The van der Waals surface area contributed by atoms with Crippen molar-refractivity contribution in [3.8, 4) is 0 Å². The molecule has 166 valence electrons. The molecule has 0 aliphatic carbocycles. The second-order valence-corrected chi connectivity index (χ2v) is 8.50. The van der Waals surface area contributed by atoms with Crippen molar-refractivity contribution in [2.24, 2.45) is 0 Å². The van der Waals surface area contributed by atoms with Crippen molar-refractivity contribution in [1.29, 1.82) is 0 Å². The molecule has 1 unspecified atom stereocenters. The van der Waals surface area contributed by atoms with Crippen LogP contribution < -0.4 is 5.32 Å². The first-order valence-corrected chi connectivity index (χ1v) is 11.4. The van der Waals surface area contributed by atoms with E-state index in [2.05, 4.69) is 38.4 Å². The number of carbonyl (C=O) groups is 1. The Morgan fingerprint density at radius 3 is 2.76 bits per heavy atom. The second-order valence-electron chi connectivity index (χ2n) is 8.50. The predicted octanol–water partition coefficient (Wildman–Crippen LogP) is 4.60. The number of aromatic nitrogens is 3. The zero-order valence-electron chi connectivity index (χ0n) is 18.7. The van der Waals surface area contributed by atoms with E-state index < -0.39 is 0 Å². The summed E-state index contributed by atoms with van der Waals surface area (Å²) in [6.45, 7) is 4.12. The van der Waals surface area contributed by atoms with Crippen LogP contribution in [0.2, 0.25) is 0 Å². The number of carbonyl (C=O) groups excluding carboxylic acids is 1. The number of rotatable bonds is 6. The molecule has 6 nitrogen and oxygen atoms in total. The number of amides is 1. The van der Waals surface area contributed by atoms with Gasteiger partial charge in [-0.15, -0.1) is 0 Å². The predicted molar refractivity (Wildman–Crippen MR) is 129 cm³/mol. The first kappa shape index (κ1) is 21.2. The summed E-state index contributed by atoms with van der Waals surface area (Å²) in [6.07, 6.45) is 5.59. The minimum atomic E-state index is -0.130. The van der Waals surface area contributed by atoms with Crippen molar-refractivity contribution in [2.75, 3.05) is 6.54 Å². The number of hydrogen-bond donors (Lipinski definition) is 1. The Bertz CT molecular complexity index is 1270. The lowest BCUT2D eigenvalue weighted by atomic mass is 10.0. The van der Waals surface area contributed by atoms with Gasteiger partial charge < -0.3 is 5.32 Å². The minimum absolute atomic E-state index is 0.0797. The summed E-state index contributed by atoms with van der Waals surface area (Å²) < 4.78 is 0. The van der Waals surface area contributed by atoms with Gasteiger partial charge in [0.25, 0.3) is 5.91 Å². The molecule has 1 amide bonds. The molecule has 4 aromatic rings. The maximum atomic E-state index is 13.1. The normalized spacial score (nSPS) is 16.2. The fourth-order valence-electron chi connectivity index (χ4n) is 4.63. The van der Waals surface area contributed by atoms with Crippen LogP contribution in [0.25, 0.3) is 10.9 Å². The third kappa shape index (κ3) is 4.61. The number of aryl methyl sites for hydroxylation is 1. The van der Waals surface area contributed by atoms with E-state index in [1.165, 1.54) is 10.9 Å². The third-order valence-electron chi connectivity index (χ3n) is 6.27. The molecule has 33 heavy (non-hydrogen) atoms. The summed E-state index contributed by atoms with van der Waals surface area (Å²) >= 11 is 0. The Hall–Kier alpha value is -3.64. The maximum absolute atomic E-state index is 13.1. The van der Waals surface area contributed by atoms with Crippen LogP contribution in [-0.2, 0) is 13.1 Å². The fraction of sp³-hybridized carbons (Fsp3) is 0.259. The van der Waals surface area contributed by atoms with Gasteiger partial charge in [0.15, 0.2) is 0 Å². The number of benzene rings is 2. The van der Waals surface area contributed by atoms with Crippen LogP contribution in [-0.4, -0.2) is 32.3 Å². The lowest BCUT2D eigenvalue weighted by Crippen LogP contribution is -2.29. The molecule has 1 saturated heterocycles. The lowest BCUT2D eigenvalue weighted by Gasteiger charge is -2.26. The van der Waals surface area contributed by atoms with Gasteiger partial charge in [-0.1, -0.05) is 48.5 Å². The molecule has 1 aliphatic heterocycles. The molecule has 1 aliphatic rings. The summed E-state index contributed by atoms with van der Waals surface area (Å²) in [5, 5.41) is 4.21. The van der Waals surface area contributed by atoms with Crippen molar-refractivity contribution in [2.45, 2.75) is 38.9 Å². The SMILES string of the molecule is Cc1ncc(C(=O)NCc2ccccc2)c(C2CCCN2Cc2ccnc3ccccc23)n1. The average Bonchev–Trinajstić information content (AvgIpc) is 3.31. The number of hydrogen-bond acceptors (Lipinski definition) is 5. The van der Waals surface area contributed by atoms with Crippen molar-refractivity contribution in [3.63, 3.8) is 0 Å². The largest absolute Gasteiger partial charge is 0.348 e. The molecule has 0 saturated carbocycles. The Kier molecular flexibility index (Phi) is 6.09. The first-order valence-electron chi connectivity index (χ1n) is 11.4. The molecule has 0 radical (unpaired) electrons. The highest BCUT2D eigenvalue weighted by Gasteiger charge is 2.31. The van der Waals surface area contributed by atoms with Gasteiger partial charge in [-0.3, -0.25) is 14.7 Å².